The normalized spacial score (nSPS) is 11.7. The van der Waals surface area contributed by atoms with Crippen molar-refractivity contribution in [2.24, 2.45) is 0 Å². The SMILES string of the molecule is CN(C)CCCN(C(=O)c1ccc(S(=O)(=O)N(C)c2ccccc2)cc1)c1nc2c(Cl)cccc2s1. The fourth-order valence-corrected chi connectivity index (χ4v) is 6.19. The van der Waals surface area contributed by atoms with Crippen LogP contribution in [0.3, 0.4) is 0 Å². The zero-order chi connectivity index (χ0) is 25.9. The lowest BCUT2D eigenvalue weighted by Crippen LogP contribution is -2.33. The van der Waals surface area contributed by atoms with E-state index in [9.17, 15) is 13.2 Å². The molecule has 36 heavy (non-hydrogen) atoms. The molecule has 0 N–H and O–H groups in total. The Labute approximate surface area is 220 Å². The number of fused-ring (bicyclic) bond motifs is 1. The maximum Gasteiger partial charge on any atom is 0.264 e. The van der Waals surface area contributed by atoms with Crippen molar-refractivity contribution in [3.63, 3.8) is 0 Å². The number of hydrogen-bond donors (Lipinski definition) is 0. The van der Waals surface area contributed by atoms with E-state index >= 15 is 0 Å². The number of nitrogens with zero attached hydrogens (tertiary/aromatic N) is 4. The van der Waals surface area contributed by atoms with Crippen molar-refractivity contribution >= 4 is 59.9 Å². The van der Waals surface area contributed by atoms with Gasteiger partial charge in [0.25, 0.3) is 15.9 Å². The summed E-state index contributed by atoms with van der Waals surface area (Å²) in [7, 11) is 1.70. The van der Waals surface area contributed by atoms with Gasteiger partial charge < -0.3 is 4.90 Å². The molecule has 0 unspecified atom stereocenters. The van der Waals surface area contributed by atoms with Crippen molar-refractivity contribution in [3.8, 4) is 0 Å². The van der Waals surface area contributed by atoms with Crippen LogP contribution in [0.1, 0.15) is 16.8 Å². The molecule has 10 heteroatoms. The van der Waals surface area contributed by atoms with Gasteiger partial charge in [0.05, 0.1) is 20.3 Å². The van der Waals surface area contributed by atoms with Crippen molar-refractivity contribution in [2.75, 3.05) is 43.4 Å². The molecule has 1 aromatic heterocycles. The van der Waals surface area contributed by atoms with E-state index in [1.165, 1.54) is 34.8 Å². The Bertz CT molecular complexity index is 1460. The second-order valence-corrected chi connectivity index (χ2v) is 11.9. The molecule has 0 radical (unpaired) electrons. The van der Waals surface area contributed by atoms with Crippen LogP contribution in [0.4, 0.5) is 10.8 Å². The molecule has 188 valence electrons. The number of anilines is 2. The van der Waals surface area contributed by atoms with E-state index in [1.54, 1.807) is 47.4 Å². The average Bonchev–Trinajstić information content (AvgIpc) is 3.31. The van der Waals surface area contributed by atoms with Gasteiger partial charge in [0.2, 0.25) is 0 Å². The third kappa shape index (κ3) is 5.54. The van der Waals surface area contributed by atoms with Crippen LogP contribution in [-0.4, -0.2) is 58.4 Å². The summed E-state index contributed by atoms with van der Waals surface area (Å²) in [5, 5.41) is 1.09. The summed E-state index contributed by atoms with van der Waals surface area (Å²) in [5.74, 6) is -0.246. The highest BCUT2D eigenvalue weighted by Gasteiger charge is 2.24. The van der Waals surface area contributed by atoms with Gasteiger partial charge in [-0.15, -0.1) is 0 Å². The van der Waals surface area contributed by atoms with E-state index in [1.807, 2.05) is 32.3 Å². The Morgan fingerprint density at radius 2 is 1.61 bits per heavy atom. The van der Waals surface area contributed by atoms with E-state index in [4.69, 9.17) is 11.6 Å². The van der Waals surface area contributed by atoms with Crippen LogP contribution in [-0.2, 0) is 10.0 Å². The first-order chi connectivity index (χ1) is 17.2. The molecule has 0 spiro atoms. The number of benzene rings is 3. The van der Waals surface area contributed by atoms with Gasteiger partial charge >= 0.3 is 0 Å². The van der Waals surface area contributed by atoms with Crippen LogP contribution in [0, 0.1) is 0 Å². The molecule has 0 aliphatic carbocycles. The number of sulfonamides is 1. The minimum atomic E-state index is -3.77. The Kier molecular flexibility index (Phi) is 7.94. The molecule has 1 heterocycles. The van der Waals surface area contributed by atoms with Gasteiger partial charge in [-0.2, -0.15) is 0 Å². The molecule has 1 amide bonds. The number of carbonyl (C=O) groups excluding carboxylic acids is 1. The van der Waals surface area contributed by atoms with E-state index < -0.39 is 10.0 Å². The van der Waals surface area contributed by atoms with E-state index in [-0.39, 0.29) is 10.8 Å². The monoisotopic (exact) mass is 542 g/mol. The zero-order valence-electron chi connectivity index (χ0n) is 20.3. The Morgan fingerprint density at radius 3 is 2.25 bits per heavy atom. The summed E-state index contributed by atoms with van der Waals surface area (Å²) in [6, 6.07) is 20.4. The number of aromatic nitrogens is 1. The molecule has 0 saturated carbocycles. The van der Waals surface area contributed by atoms with Crippen molar-refractivity contribution < 1.29 is 13.2 Å². The van der Waals surface area contributed by atoms with Gasteiger partial charge in [-0.3, -0.25) is 14.0 Å². The molecule has 7 nitrogen and oxygen atoms in total. The minimum Gasteiger partial charge on any atom is -0.309 e. The van der Waals surface area contributed by atoms with Crippen LogP contribution in [0.25, 0.3) is 10.2 Å². The fraction of sp³-hybridized carbons (Fsp3) is 0.231. The van der Waals surface area contributed by atoms with Gasteiger partial charge in [-0.1, -0.05) is 47.2 Å². The molecule has 0 saturated heterocycles. The topological polar surface area (TPSA) is 73.8 Å². The number of carbonyl (C=O) groups is 1. The third-order valence-corrected chi connectivity index (χ3v) is 8.85. The highest BCUT2D eigenvalue weighted by atomic mass is 35.5. The average molecular weight is 543 g/mol. The minimum absolute atomic E-state index is 0.108. The van der Waals surface area contributed by atoms with Gasteiger partial charge in [0, 0.05) is 19.2 Å². The number of amides is 1. The molecule has 4 rings (SSSR count). The summed E-state index contributed by atoms with van der Waals surface area (Å²) in [4.78, 5) is 22.0. The summed E-state index contributed by atoms with van der Waals surface area (Å²) >= 11 is 7.72. The van der Waals surface area contributed by atoms with E-state index in [2.05, 4.69) is 9.88 Å². The summed E-state index contributed by atoms with van der Waals surface area (Å²) in [6.45, 7) is 1.27. The first kappa shape index (κ1) is 26.1. The van der Waals surface area contributed by atoms with Crippen molar-refractivity contribution in [2.45, 2.75) is 11.3 Å². The standard InChI is InChI=1S/C26H27ClN4O3S2/c1-29(2)17-8-18-31(26-28-24-22(27)11-7-12-23(24)35-26)25(32)19-13-15-21(16-14-19)36(33,34)30(3)20-9-5-4-6-10-20/h4-7,9-16H,8,17-18H2,1-3H3. The predicted molar refractivity (Wildman–Crippen MR) is 148 cm³/mol. The van der Waals surface area contributed by atoms with E-state index in [0.29, 0.717) is 33.5 Å². The molecular formula is C26H27ClN4O3S2. The largest absolute Gasteiger partial charge is 0.309 e. The molecule has 3 aromatic carbocycles. The third-order valence-electron chi connectivity index (χ3n) is 5.70. The highest BCUT2D eigenvalue weighted by Crippen LogP contribution is 2.33. The number of para-hydroxylation sites is 2. The molecule has 0 fully saturated rings. The predicted octanol–water partition coefficient (Wildman–Crippen LogP) is 5.37. The number of thiazole rings is 1. The molecular weight excluding hydrogens is 516 g/mol. The van der Waals surface area contributed by atoms with Gasteiger partial charge in [0.1, 0.15) is 5.52 Å². The van der Waals surface area contributed by atoms with Gasteiger partial charge in [0.15, 0.2) is 5.13 Å². The lowest BCUT2D eigenvalue weighted by molar-refractivity contribution is 0.0986. The highest BCUT2D eigenvalue weighted by molar-refractivity contribution is 7.92. The number of rotatable bonds is 9. The smallest absolute Gasteiger partial charge is 0.264 e. The fourth-order valence-electron chi connectivity index (χ4n) is 3.71. The lowest BCUT2D eigenvalue weighted by atomic mass is 10.2. The van der Waals surface area contributed by atoms with Crippen LogP contribution in [0.15, 0.2) is 77.7 Å². The molecule has 0 aliphatic heterocycles. The summed E-state index contributed by atoms with van der Waals surface area (Å²) < 4.78 is 28.3. The first-order valence-electron chi connectivity index (χ1n) is 11.3. The Morgan fingerprint density at radius 1 is 0.917 bits per heavy atom. The second-order valence-electron chi connectivity index (χ2n) is 8.53. The molecule has 4 aromatic rings. The summed E-state index contributed by atoms with van der Waals surface area (Å²) in [6.07, 6.45) is 0.747. The van der Waals surface area contributed by atoms with E-state index in [0.717, 1.165) is 17.7 Å². The maximum absolute atomic E-state index is 13.6. The van der Waals surface area contributed by atoms with Crippen LogP contribution >= 0.6 is 22.9 Å². The van der Waals surface area contributed by atoms with Crippen LogP contribution < -0.4 is 9.21 Å². The Hall–Kier alpha value is -2.98. The molecule has 0 atom stereocenters. The van der Waals surface area contributed by atoms with Crippen molar-refractivity contribution in [1.82, 2.24) is 9.88 Å². The molecule has 0 bridgehead atoms. The van der Waals surface area contributed by atoms with Crippen LogP contribution in [0.2, 0.25) is 5.02 Å². The first-order valence-corrected chi connectivity index (χ1v) is 14.0. The van der Waals surface area contributed by atoms with Crippen LogP contribution in [0.5, 0.6) is 0 Å². The second kappa shape index (κ2) is 11.0. The van der Waals surface area contributed by atoms with Crippen molar-refractivity contribution in [1.29, 1.82) is 0 Å². The quantitative estimate of drug-likeness (QED) is 0.284. The number of hydrogen-bond acceptors (Lipinski definition) is 6. The maximum atomic E-state index is 13.6. The Balaban J connectivity index is 1.62. The lowest BCUT2D eigenvalue weighted by Gasteiger charge is -2.22. The van der Waals surface area contributed by atoms with Crippen molar-refractivity contribution in [3.05, 3.63) is 83.4 Å². The number of halogens is 1. The van der Waals surface area contributed by atoms with Gasteiger partial charge in [-0.05, 0) is 75.6 Å². The zero-order valence-corrected chi connectivity index (χ0v) is 22.6. The summed E-state index contributed by atoms with van der Waals surface area (Å²) in [5.41, 5.74) is 1.60. The van der Waals surface area contributed by atoms with Gasteiger partial charge in [-0.25, -0.2) is 13.4 Å². The molecule has 0 aliphatic rings.